The number of rotatable bonds is 5. The predicted octanol–water partition coefficient (Wildman–Crippen LogP) is 1.64. The Hall–Kier alpha value is -3.42. The number of halogens is 1. The van der Waals surface area contributed by atoms with Crippen molar-refractivity contribution in [2.45, 2.75) is 6.42 Å². The summed E-state index contributed by atoms with van der Waals surface area (Å²) in [7, 11) is 0. The third-order valence-corrected chi connectivity index (χ3v) is 5.80. The molecular weight excluding hydrogens is 399 g/mol. The number of hydrogen-bond donors (Lipinski definition) is 1. The van der Waals surface area contributed by atoms with Crippen LogP contribution in [-0.4, -0.2) is 61.9 Å². The van der Waals surface area contributed by atoms with Crippen LogP contribution in [0.2, 0.25) is 0 Å². The van der Waals surface area contributed by atoms with Crippen molar-refractivity contribution in [2.24, 2.45) is 5.92 Å². The van der Waals surface area contributed by atoms with Gasteiger partial charge in [-0.15, -0.1) is 0 Å². The standard InChI is InChI=1S/C23H25FN4O3/c24-18-6-8-19(9-7-18)26-10-12-27(13-11-26)22(30)15-25-23(31)17-14-21(29)28(16-17)20-4-2-1-3-5-20/h1-9,17H,10-16H2,(H,25,31)/t17-/m0/s1. The van der Waals surface area contributed by atoms with Crippen LogP contribution in [0, 0.1) is 11.7 Å². The molecule has 31 heavy (non-hydrogen) atoms. The summed E-state index contributed by atoms with van der Waals surface area (Å²) < 4.78 is 13.1. The molecule has 2 heterocycles. The molecule has 2 aliphatic heterocycles. The van der Waals surface area contributed by atoms with Crippen molar-refractivity contribution in [3.05, 3.63) is 60.4 Å². The second-order valence-electron chi connectivity index (χ2n) is 7.80. The second kappa shape index (κ2) is 9.16. The van der Waals surface area contributed by atoms with E-state index in [-0.39, 0.29) is 36.5 Å². The highest BCUT2D eigenvalue weighted by Gasteiger charge is 2.35. The van der Waals surface area contributed by atoms with E-state index in [1.807, 2.05) is 30.3 Å². The molecule has 1 N–H and O–H groups in total. The Balaban J connectivity index is 1.23. The Morgan fingerprint density at radius 1 is 0.935 bits per heavy atom. The number of nitrogens with one attached hydrogen (secondary N) is 1. The molecule has 0 radical (unpaired) electrons. The Morgan fingerprint density at radius 3 is 2.29 bits per heavy atom. The Labute approximate surface area is 180 Å². The summed E-state index contributed by atoms with van der Waals surface area (Å²) in [5.41, 5.74) is 1.70. The van der Waals surface area contributed by atoms with Crippen molar-refractivity contribution in [1.29, 1.82) is 0 Å². The topological polar surface area (TPSA) is 73.0 Å². The van der Waals surface area contributed by atoms with Crippen LogP contribution < -0.4 is 15.1 Å². The predicted molar refractivity (Wildman–Crippen MR) is 115 cm³/mol. The number of anilines is 2. The lowest BCUT2D eigenvalue weighted by Crippen LogP contribution is -2.51. The SMILES string of the molecule is O=C(NCC(=O)N1CCN(c2ccc(F)cc2)CC1)[C@H]1CC(=O)N(c2ccccc2)C1. The zero-order chi connectivity index (χ0) is 21.8. The van der Waals surface area contributed by atoms with Crippen LogP contribution in [0.25, 0.3) is 0 Å². The number of nitrogens with zero attached hydrogens (tertiary/aromatic N) is 3. The molecule has 2 aromatic rings. The second-order valence-corrected chi connectivity index (χ2v) is 7.80. The molecule has 3 amide bonds. The highest BCUT2D eigenvalue weighted by molar-refractivity contribution is 6.00. The van der Waals surface area contributed by atoms with E-state index in [9.17, 15) is 18.8 Å². The smallest absolute Gasteiger partial charge is 0.242 e. The van der Waals surface area contributed by atoms with Crippen molar-refractivity contribution in [1.82, 2.24) is 10.2 Å². The summed E-state index contributed by atoms with van der Waals surface area (Å²) in [4.78, 5) is 42.8. The summed E-state index contributed by atoms with van der Waals surface area (Å²) in [5, 5.41) is 2.70. The first-order chi connectivity index (χ1) is 15.0. The van der Waals surface area contributed by atoms with Crippen LogP contribution in [-0.2, 0) is 14.4 Å². The van der Waals surface area contributed by atoms with Crippen LogP contribution in [0.5, 0.6) is 0 Å². The molecule has 2 fully saturated rings. The van der Waals surface area contributed by atoms with Gasteiger partial charge in [-0.2, -0.15) is 0 Å². The number of carbonyl (C=O) groups is 3. The molecule has 1 atom stereocenters. The molecule has 7 nitrogen and oxygen atoms in total. The van der Waals surface area contributed by atoms with Gasteiger partial charge in [0.2, 0.25) is 17.7 Å². The normalized spacial score (nSPS) is 18.9. The molecular formula is C23H25FN4O3. The van der Waals surface area contributed by atoms with Gasteiger partial charge in [0, 0.05) is 50.5 Å². The van der Waals surface area contributed by atoms with E-state index in [4.69, 9.17) is 0 Å². The number of carbonyl (C=O) groups excluding carboxylic acids is 3. The highest BCUT2D eigenvalue weighted by atomic mass is 19.1. The Bertz CT molecular complexity index is 943. The number of para-hydroxylation sites is 1. The molecule has 0 spiro atoms. The van der Waals surface area contributed by atoms with Gasteiger partial charge in [-0.3, -0.25) is 14.4 Å². The molecule has 0 aliphatic carbocycles. The Morgan fingerprint density at radius 2 is 1.61 bits per heavy atom. The number of piperazine rings is 1. The zero-order valence-corrected chi connectivity index (χ0v) is 17.2. The first kappa shape index (κ1) is 20.8. The van der Waals surface area contributed by atoms with E-state index in [0.29, 0.717) is 32.7 Å². The molecule has 8 heteroatoms. The monoisotopic (exact) mass is 424 g/mol. The molecule has 2 saturated heterocycles. The van der Waals surface area contributed by atoms with Gasteiger partial charge >= 0.3 is 0 Å². The fourth-order valence-electron chi connectivity index (χ4n) is 4.03. The summed E-state index contributed by atoms with van der Waals surface area (Å²) >= 11 is 0. The van der Waals surface area contributed by atoms with Crippen LogP contribution >= 0.6 is 0 Å². The van der Waals surface area contributed by atoms with E-state index in [1.54, 1.807) is 21.9 Å². The van der Waals surface area contributed by atoms with E-state index in [1.165, 1.54) is 12.1 Å². The van der Waals surface area contributed by atoms with Crippen molar-refractivity contribution in [3.8, 4) is 0 Å². The molecule has 0 saturated carbocycles. The molecule has 0 aromatic heterocycles. The summed E-state index contributed by atoms with van der Waals surface area (Å²) in [5.74, 6) is -1.24. The van der Waals surface area contributed by atoms with E-state index < -0.39 is 5.92 Å². The molecule has 2 aromatic carbocycles. The molecule has 4 rings (SSSR count). The lowest BCUT2D eigenvalue weighted by Gasteiger charge is -2.36. The molecule has 0 bridgehead atoms. The number of amides is 3. The molecule has 2 aliphatic rings. The first-order valence-corrected chi connectivity index (χ1v) is 10.4. The van der Waals surface area contributed by atoms with Crippen LogP contribution in [0.1, 0.15) is 6.42 Å². The minimum atomic E-state index is -0.462. The van der Waals surface area contributed by atoms with Crippen molar-refractivity contribution >= 4 is 29.1 Å². The quantitative estimate of drug-likeness (QED) is 0.792. The van der Waals surface area contributed by atoms with Gasteiger partial charge in [0.25, 0.3) is 0 Å². The van der Waals surface area contributed by atoms with Gasteiger partial charge in [-0.1, -0.05) is 18.2 Å². The van der Waals surface area contributed by atoms with Crippen molar-refractivity contribution in [3.63, 3.8) is 0 Å². The number of hydrogen-bond acceptors (Lipinski definition) is 4. The van der Waals surface area contributed by atoms with E-state index >= 15 is 0 Å². The lowest BCUT2D eigenvalue weighted by atomic mass is 10.1. The van der Waals surface area contributed by atoms with Gasteiger partial charge in [0.15, 0.2) is 0 Å². The fraction of sp³-hybridized carbons (Fsp3) is 0.348. The van der Waals surface area contributed by atoms with Gasteiger partial charge in [0.05, 0.1) is 12.5 Å². The summed E-state index contributed by atoms with van der Waals surface area (Å²) in [6.07, 6.45) is 0.144. The van der Waals surface area contributed by atoms with Crippen LogP contribution in [0.3, 0.4) is 0 Å². The van der Waals surface area contributed by atoms with Crippen molar-refractivity contribution in [2.75, 3.05) is 49.1 Å². The largest absolute Gasteiger partial charge is 0.368 e. The average molecular weight is 424 g/mol. The van der Waals surface area contributed by atoms with Crippen LogP contribution in [0.4, 0.5) is 15.8 Å². The highest BCUT2D eigenvalue weighted by Crippen LogP contribution is 2.24. The zero-order valence-electron chi connectivity index (χ0n) is 17.2. The summed E-state index contributed by atoms with van der Waals surface area (Å²) in [6.45, 7) is 2.61. The molecule has 0 unspecified atom stereocenters. The third kappa shape index (κ3) is 4.84. The van der Waals surface area contributed by atoms with Crippen molar-refractivity contribution < 1.29 is 18.8 Å². The van der Waals surface area contributed by atoms with Gasteiger partial charge < -0.3 is 20.0 Å². The molecule has 162 valence electrons. The van der Waals surface area contributed by atoms with E-state index in [0.717, 1.165) is 11.4 Å². The maximum Gasteiger partial charge on any atom is 0.242 e. The minimum Gasteiger partial charge on any atom is -0.368 e. The average Bonchev–Trinajstić information content (AvgIpc) is 3.20. The lowest BCUT2D eigenvalue weighted by molar-refractivity contribution is -0.134. The summed E-state index contributed by atoms with van der Waals surface area (Å²) in [6, 6.07) is 15.6. The van der Waals surface area contributed by atoms with Crippen LogP contribution in [0.15, 0.2) is 54.6 Å². The van der Waals surface area contributed by atoms with E-state index in [2.05, 4.69) is 10.2 Å². The Kier molecular flexibility index (Phi) is 6.16. The maximum atomic E-state index is 13.1. The van der Waals surface area contributed by atoms with Gasteiger partial charge in [-0.25, -0.2) is 4.39 Å². The third-order valence-electron chi connectivity index (χ3n) is 5.80. The minimum absolute atomic E-state index is 0.0780. The maximum absolute atomic E-state index is 13.1. The number of benzene rings is 2. The van der Waals surface area contributed by atoms with Gasteiger partial charge in [-0.05, 0) is 36.4 Å². The van der Waals surface area contributed by atoms with Gasteiger partial charge in [0.1, 0.15) is 5.82 Å². The first-order valence-electron chi connectivity index (χ1n) is 10.4. The fourth-order valence-corrected chi connectivity index (χ4v) is 4.03.